The Morgan fingerprint density at radius 1 is 0.492 bits per heavy atom. The highest BCUT2D eigenvalue weighted by atomic mass is 16.3. The summed E-state index contributed by atoms with van der Waals surface area (Å²) < 4.78 is 2.24. The number of rotatable bonds is 6. The molecule has 0 aliphatic rings. The van der Waals surface area contributed by atoms with Gasteiger partial charge in [0, 0.05) is 23.0 Å². The van der Waals surface area contributed by atoms with Crippen LogP contribution in [0.1, 0.15) is 84.6 Å². The minimum absolute atomic E-state index is 0.124. The molecule has 0 bridgehead atoms. The molecule has 59 heavy (non-hydrogen) atoms. The van der Waals surface area contributed by atoms with Gasteiger partial charge >= 0.3 is 0 Å². The minimum atomic E-state index is -0.270. The smallest absolute Gasteiger partial charge is 0.149 e. The van der Waals surface area contributed by atoms with Crippen LogP contribution in [0, 0.1) is 6.92 Å². The van der Waals surface area contributed by atoms with Crippen molar-refractivity contribution in [2.24, 2.45) is 0 Å². The number of pyridine rings is 1. The number of fused-ring (bicyclic) bond motifs is 1. The summed E-state index contributed by atoms with van der Waals surface area (Å²) >= 11 is 0. The number of aromatic nitrogens is 3. The SMILES string of the molecule is Cc1ccc(-c2ccnc(-c3cc(-c4cccc5c4nc(-c4cccc(C(C)(C)C)c4O)n5-c4ccc(-c5ccccc5)c(C(C)(C)C)c4)cc(C(C)(C)C)c3)c2)cc1. The Balaban J connectivity index is 1.39. The summed E-state index contributed by atoms with van der Waals surface area (Å²) in [7, 11) is 0. The van der Waals surface area contributed by atoms with E-state index < -0.39 is 0 Å². The molecule has 6 aromatic carbocycles. The van der Waals surface area contributed by atoms with E-state index in [2.05, 4.69) is 195 Å². The molecule has 4 nitrogen and oxygen atoms in total. The van der Waals surface area contributed by atoms with Crippen molar-refractivity contribution < 1.29 is 5.11 Å². The molecule has 0 saturated carbocycles. The van der Waals surface area contributed by atoms with Gasteiger partial charge in [0.1, 0.15) is 11.6 Å². The first-order chi connectivity index (χ1) is 28.0. The molecule has 0 aliphatic heterocycles. The zero-order valence-corrected chi connectivity index (χ0v) is 36.1. The van der Waals surface area contributed by atoms with E-state index in [9.17, 15) is 5.11 Å². The fourth-order valence-corrected chi connectivity index (χ4v) is 8.14. The molecule has 8 rings (SSSR count). The van der Waals surface area contributed by atoms with Crippen molar-refractivity contribution in [2.75, 3.05) is 0 Å². The number of phenolic OH excluding ortho intramolecular Hbond substituents is 1. The highest BCUT2D eigenvalue weighted by molar-refractivity contribution is 5.97. The summed E-state index contributed by atoms with van der Waals surface area (Å²) in [5, 5.41) is 12.1. The summed E-state index contributed by atoms with van der Waals surface area (Å²) in [6.45, 7) is 22.1. The van der Waals surface area contributed by atoms with Gasteiger partial charge in [0.05, 0.1) is 22.3 Å². The third kappa shape index (κ3) is 7.72. The number of phenols is 1. The lowest BCUT2D eigenvalue weighted by molar-refractivity contribution is 0.448. The first-order valence-corrected chi connectivity index (χ1v) is 20.7. The molecule has 2 heterocycles. The fourth-order valence-electron chi connectivity index (χ4n) is 8.14. The van der Waals surface area contributed by atoms with Gasteiger partial charge in [0.2, 0.25) is 0 Å². The molecule has 8 aromatic rings. The molecular formula is C55H55N3O. The second-order valence-corrected chi connectivity index (χ2v) is 19.1. The van der Waals surface area contributed by atoms with E-state index in [1.54, 1.807) is 0 Å². The number of aryl methyl sites for hydroxylation is 1. The van der Waals surface area contributed by atoms with Crippen LogP contribution >= 0.6 is 0 Å². The molecule has 0 amide bonds. The van der Waals surface area contributed by atoms with Crippen LogP contribution in [-0.2, 0) is 16.2 Å². The van der Waals surface area contributed by atoms with Gasteiger partial charge in [-0.05, 0) is 116 Å². The van der Waals surface area contributed by atoms with Crippen molar-refractivity contribution in [1.29, 1.82) is 0 Å². The molecule has 4 heteroatoms. The summed E-state index contributed by atoms with van der Waals surface area (Å²) in [6, 6.07) is 49.7. The van der Waals surface area contributed by atoms with E-state index in [1.165, 1.54) is 33.4 Å². The largest absolute Gasteiger partial charge is 0.507 e. The number of para-hydroxylation sites is 2. The highest BCUT2D eigenvalue weighted by Crippen LogP contribution is 2.44. The zero-order valence-electron chi connectivity index (χ0n) is 36.1. The molecule has 0 atom stereocenters. The molecule has 2 aromatic heterocycles. The Bertz CT molecular complexity index is 2820. The van der Waals surface area contributed by atoms with Gasteiger partial charge in [0.15, 0.2) is 0 Å². The van der Waals surface area contributed by atoms with Crippen LogP contribution in [0.5, 0.6) is 5.75 Å². The van der Waals surface area contributed by atoms with Gasteiger partial charge in [-0.15, -0.1) is 0 Å². The molecule has 0 radical (unpaired) electrons. The number of hydrogen-bond acceptors (Lipinski definition) is 3. The Labute approximate surface area is 350 Å². The van der Waals surface area contributed by atoms with Crippen molar-refractivity contribution >= 4 is 11.0 Å². The number of imidazole rings is 1. The maximum absolute atomic E-state index is 12.1. The van der Waals surface area contributed by atoms with Crippen LogP contribution in [0.25, 0.3) is 72.7 Å². The Morgan fingerprint density at radius 2 is 1.17 bits per heavy atom. The van der Waals surface area contributed by atoms with E-state index in [-0.39, 0.29) is 22.0 Å². The molecule has 0 saturated heterocycles. The quantitative estimate of drug-likeness (QED) is 0.183. The summed E-state index contributed by atoms with van der Waals surface area (Å²) in [5.74, 6) is 0.953. The van der Waals surface area contributed by atoms with Crippen molar-refractivity contribution in [3.05, 3.63) is 168 Å². The van der Waals surface area contributed by atoms with E-state index in [0.717, 1.165) is 50.2 Å². The maximum atomic E-state index is 12.1. The lowest BCUT2D eigenvalue weighted by Crippen LogP contribution is -2.14. The van der Waals surface area contributed by atoms with Crippen LogP contribution in [-0.4, -0.2) is 19.6 Å². The van der Waals surface area contributed by atoms with Crippen molar-refractivity contribution in [2.45, 2.75) is 85.5 Å². The molecular weight excluding hydrogens is 719 g/mol. The monoisotopic (exact) mass is 773 g/mol. The van der Waals surface area contributed by atoms with Gasteiger partial charge < -0.3 is 5.11 Å². The summed E-state index contributed by atoms with van der Waals surface area (Å²) in [4.78, 5) is 10.5. The van der Waals surface area contributed by atoms with Crippen molar-refractivity contribution in [3.8, 4) is 67.5 Å². The number of aromatic hydroxyl groups is 1. The minimum Gasteiger partial charge on any atom is -0.507 e. The van der Waals surface area contributed by atoms with Crippen LogP contribution in [0.4, 0.5) is 0 Å². The van der Waals surface area contributed by atoms with Crippen LogP contribution in [0.2, 0.25) is 0 Å². The Morgan fingerprint density at radius 3 is 1.86 bits per heavy atom. The fraction of sp³-hybridized carbons (Fsp3) is 0.236. The number of hydrogen-bond donors (Lipinski definition) is 1. The van der Waals surface area contributed by atoms with Gasteiger partial charge in [-0.3, -0.25) is 9.55 Å². The van der Waals surface area contributed by atoms with E-state index in [0.29, 0.717) is 11.4 Å². The van der Waals surface area contributed by atoms with Gasteiger partial charge in [-0.25, -0.2) is 4.98 Å². The third-order valence-electron chi connectivity index (χ3n) is 11.5. The van der Waals surface area contributed by atoms with Gasteiger partial charge in [-0.1, -0.05) is 159 Å². The lowest BCUT2D eigenvalue weighted by Gasteiger charge is -2.25. The summed E-state index contributed by atoms with van der Waals surface area (Å²) in [6.07, 6.45) is 1.91. The molecule has 0 spiro atoms. The normalized spacial score (nSPS) is 12.3. The van der Waals surface area contributed by atoms with Crippen molar-refractivity contribution in [1.82, 2.24) is 14.5 Å². The molecule has 0 aliphatic carbocycles. The predicted octanol–water partition coefficient (Wildman–Crippen LogP) is 14.7. The highest BCUT2D eigenvalue weighted by Gasteiger charge is 2.27. The van der Waals surface area contributed by atoms with E-state index in [4.69, 9.17) is 9.97 Å². The standard InChI is InChI=1S/C55H55N3O/c1-35-22-24-36(25-23-35)38-28-29-56-48(33-38)40-30-39(31-41(32-40)53(2,3)4)44-18-15-21-49-50(44)57-52(45-19-14-20-46(51(45)59)54(5,6)7)58(49)42-26-27-43(37-16-12-11-13-17-37)47(34-42)55(8,9)10/h11-34,59H,1-10H3. The van der Waals surface area contributed by atoms with Crippen LogP contribution in [0.3, 0.4) is 0 Å². The third-order valence-corrected chi connectivity index (χ3v) is 11.5. The Hall–Kier alpha value is -6.26. The second-order valence-electron chi connectivity index (χ2n) is 19.1. The molecule has 296 valence electrons. The number of benzene rings is 6. The number of nitrogens with zero attached hydrogens (tertiary/aromatic N) is 3. The van der Waals surface area contributed by atoms with Gasteiger partial charge in [0.25, 0.3) is 0 Å². The molecule has 1 N–H and O–H groups in total. The average Bonchev–Trinajstić information content (AvgIpc) is 3.60. The van der Waals surface area contributed by atoms with Crippen LogP contribution < -0.4 is 0 Å². The first-order valence-electron chi connectivity index (χ1n) is 20.7. The topological polar surface area (TPSA) is 50.9 Å². The van der Waals surface area contributed by atoms with E-state index in [1.807, 2.05) is 24.4 Å². The maximum Gasteiger partial charge on any atom is 0.149 e. The summed E-state index contributed by atoms with van der Waals surface area (Å²) in [5.41, 5.74) is 16.3. The average molecular weight is 774 g/mol. The Kier molecular flexibility index (Phi) is 9.95. The lowest BCUT2D eigenvalue weighted by atomic mass is 9.81. The zero-order chi connectivity index (χ0) is 41.9. The molecule has 0 fully saturated rings. The predicted molar refractivity (Wildman–Crippen MR) is 249 cm³/mol. The van der Waals surface area contributed by atoms with Gasteiger partial charge in [-0.2, -0.15) is 0 Å². The molecule has 0 unspecified atom stereocenters. The van der Waals surface area contributed by atoms with E-state index >= 15 is 0 Å². The van der Waals surface area contributed by atoms with Crippen molar-refractivity contribution in [3.63, 3.8) is 0 Å². The first kappa shape index (κ1) is 39.6. The van der Waals surface area contributed by atoms with Crippen LogP contribution in [0.15, 0.2) is 146 Å². The second kappa shape index (κ2) is 14.8.